The molecule has 1 aromatic heterocycles. The van der Waals surface area contributed by atoms with Crippen LogP contribution in [0.3, 0.4) is 0 Å². The van der Waals surface area contributed by atoms with Crippen LogP contribution < -0.4 is 4.90 Å². The summed E-state index contributed by atoms with van der Waals surface area (Å²) in [7, 11) is 1.38. The number of hydrogen-bond donors (Lipinski definition) is 0. The monoisotopic (exact) mass is 448 g/mol. The summed E-state index contributed by atoms with van der Waals surface area (Å²) in [6.07, 6.45) is 3.34. The van der Waals surface area contributed by atoms with E-state index >= 15 is 0 Å². The number of esters is 1. The lowest BCUT2D eigenvalue weighted by molar-refractivity contribution is 0.0132. The summed E-state index contributed by atoms with van der Waals surface area (Å²) in [6.45, 7) is 4.26. The molecule has 2 aliphatic rings. The first-order valence-electron chi connectivity index (χ1n) is 9.77. The lowest BCUT2D eigenvalue weighted by Gasteiger charge is -2.34. The molecule has 7 heteroatoms. The van der Waals surface area contributed by atoms with E-state index in [-0.39, 0.29) is 6.10 Å². The molecule has 3 heterocycles. The average Bonchev–Trinajstić information content (AvgIpc) is 3.25. The van der Waals surface area contributed by atoms with Gasteiger partial charge in [-0.1, -0.05) is 15.9 Å². The first kappa shape index (κ1) is 19.6. The molecule has 0 saturated carbocycles. The van der Waals surface area contributed by atoms with Crippen molar-refractivity contribution in [1.82, 2.24) is 4.98 Å². The van der Waals surface area contributed by atoms with Crippen molar-refractivity contribution in [2.75, 3.05) is 44.9 Å². The molecule has 0 N–H and O–H groups in total. The van der Waals surface area contributed by atoms with Crippen molar-refractivity contribution in [2.45, 2.75) is 25.4 Å². The first-order chi connectivity index (χ1) is 13.6. The lowest BCUT2D eigenvalue weighted by Crippen LogP contribution is -2.38. The summed E-state index contributed by atoms with van der Waals surface area (Å²) < 4.78 is 17.4. The molecule has 0 radical (unpaired) electrons. The number of carbonyl (C=O) groups is 1. The van der Waals surface area contributed by atoms with Crippen LogP contribution in [0, 0.1) is 5.92 Å². The minimum atomic E-state index is -0.414. The first-order valence-corrected chi connectivity index (χ1v) is 10.6. The topological polar surface area (TPSA) is 60.9 Å². The number of fused-ring (bicyclic) bond motifs is 1. The highest BCUT2D eigenvalue weighted by molar-refractivity contribution is 9.10. The van der Waals surface area contributed by atoms with E-state index in [2.05, 4.69) is 31.9 Å². The van der Waals surface area contributed by atoms with E-state index in [1.165, 1.54) is 7.11 Å². The molecule has 6 nitrogen and oxygen atoms in total. The third-order valence-corrected chi connectivity index (χ3v) is 6.01. The van der Waals surface area contributed by atoms with Gasteiger partial charge in [0.15, 0.2) is 5.69 Å². The van der Waals surface area contributed by atoms with Crippen molar-refractivity contribution < 1.29 is 19.0 Å². The number of carbonyl (C=O) groups excluding carboxylic acids is 1. The molecule has 2 fully saturated rings. The molecule has 150 valence electrons. The zero-order chi connectivity index (χ0) is 19.5. The third kappa shape index (κ3) is 4.31. The number of aromatic nitrogens is 1. The van der Waals surface area contributed by atoms with Gasteiger partial charge in [-0.15, -0.1) is 0 Å². The molecule has 0 amide bonds. The quantitative estimate of drug-likeness (QED) is 0.648. The van der Waals surface area contributed by atoms with Crippen LogP contribution in [-0.4, -0.2) is 57.1 Å². The fourth-order valence-corrected chi connectivity index (χ4v) is 4.26. The van der Waals surface area contributed by atoms with Gasteiger partial charge in [0.2, 0.25) is 0 Å². The Balaban J connectivity index is 1.50. The molecule has 0 spiro atoms. The minimum absolute atomic E-state index is 0.289. The van der Waals surface area contributed by atoms with Gasteiger partial charge in [-0.05, 0) is 43.5 Å². The second-order valence-corrected chi connectivity index (χ2v) is 8.34. The third-order valence-electron chi connectivity index (χ3n) is 5.52. The van der Waals surface area contributed by atoms with Crippen LogP contribution in [-0.2, 0) is 14.2 Å². The van der Waals surface area contributed by atoms with E-state index in [4.69, 9.17) is 14.2 Å². The van der Waals surface area contributed by atoms with Crippen molar-refractivity contribution >= 4 is 38.5 Å². The Bertz CT molecular complexity index is 846. The smallest absolute Gasteiger partial charge is 0.356 e. The highest BCUT2D eigenvalue weighted by atomic mass is 79.9. The molecule has 1 unspecified atom stereocenters. The van der Waals surface area contributed by atoms with Crippen molar-refractivity contribution in [3.8, 4) is 0 Å². The van der Waals surface area contributed by atoms with Gasteiger partial charge in [0.1, 0.15) is 0 Å². The predicted octanol–water partition coefficient (Wildman–Crippen LogP) is 3.81. The summed E-state index contributed by atoms with van der Waals surface area (Å²) in [5, 5.41) is 1.03. The number of pyridine rings is 1. The molecule has 0 aliphatic carbocycles. The molecule has 2 aromatic rings. The van der Waals surface area contributed by atoms with E-state index in [0.29, 0.717) is 11.6 Å². The molecular formula is C21H25BrN2O4. The van der Waals surface area contributed by atoms with E-state index in [1.807, 2.05) is 18.2 Å². The Morgan fingerprint density at radius 3 is 2.82 bits per heavy atom. The molecule has 1 aromatic carbocycles. The Hall–Kier alpha value is -1.70. The van der Waals surface area contributed by atoms with Gasteiger partial charge in [-0.3, -0.25) is 0 Å². The standard InChI is InChI=1S/C21H25BrN2O4/c1-26-21(25)19-11-20(17-10-15(22)2-3-18(17)23-19)24-7-4-16(5-8-24)28-13-14-6-9-27-12-14/h2-3,10-11,14,16H,4-9,12-13H2,1H3. The SMILES string of the molecule is COC(=O)c1cc(N2CCC(OCC3CCOC3)CC2)c2cc(Br)ccc2n1. The van der Waals surface area contributed by atoms with E-state index in [1.54, 1.807) is 0 Å². The molecule has 2 saturated heterocycles. The van der Waals surface area contributed by atoms with Crippen LogP contribution in [0.15, 0.2) is 28.7 Å². The minimum Gasteiger partial charge on any atom is -0.464 e. The number of halogens is 1. The summed E-state index contributed by atoms with van der Waals surface area (Å²) in [6, 6.07) is 7.76. The maximum atomic E-state index is 12.1. The van der Waals surface area contributed by atoms with E-state index < -0.39 is 5.97 Å². The molecule has 4 rings (SSSR count). The number of ether oxygens (including phenoxy) is 3. The molecule has 1 atom stereocenters. The number of piperidine rings is 1. The van der Waals surface area contributed by atoms with Gasteiger partial charge in [-0.2, -0.15) is 0 Å². The van der Waals surface area contributed by atoms with Crippen molar-refractivity contribution in [1.29, 1.82) is 0 Å². The number of rotatable bonds is 5. The van der Waals surface area contributed by atoms with Gasteiger partial charge < -0.3 is 19.1 Å². The van der Waals surface area contributed by atoms with Gasteiger partial charge in [0, 0.05) is 41.2 Å². The Kier molecular flexibility index (Phi) is 6.13. The largest absolute Gasteiger partial charge is 0.464 e. The Morgan fingerprint density at radius 2 is 2.11 bits per heavy atom. The molecule has 0 bridgehead atoms. The van der Waals surface area contributed by atoms with Crippen LogP contribution in [0.4, 0.5) is 5.69 Å². The highest BCUT2D eigenvalue weighted by Crippen LogP contribution is 2.32. The van der Waals surface area contributed by atoms with Crippen LogP contribution in [0.5, 0.6) is 0 Å². The predicted molar refractivity (Wildman–Crippen MR) is 111 cm³/mol. The fraction of sp³-hybridized carbons (Fsp3) is 0.524. The van der Waals surface area contributed by atoms with Gasteiger partial charge in [0.25, 0.3) is 0 Å². The van der Waals surface area contributed by atoms with E-state index in [0.717, 1.165) is 73.2 Å². The van der Waals surface area contributed by atoms with Crippen LogP contribution in [0.1, 0.15) is 29.8 Å². The normalized spacial score (nSPS) is 20.6. The fourth-order valence-electron chi connectivity index (χ4n) is 3.90. The maximum Gasteiger partial charge on any atom is 0.356 e. The number of hydrogen-bond acceptors (Lipinski definition) is 6. The van der Waals surface area contributed by atoms with Crippen molar-refractivity contribution in [2.24, 2.45) is 5.92 Å². The Morgan fingerprint density at radius 1 is 1.29 bits per heavy atom. The average molecular weight is 449 g/mol. The highest BCUT2D eigenvalue weighted by Gasteiger charge is 2.25. The number of nitrogens with zero attached hydrogens (tertiary/aromatic N) is 2. The van der Waals surface area contributed by atoms with Gasteiger partial charge >= 0.3 is 5.97 Å². The van der Waals surface area contributed by atoms with Gasteiger partial charge in [-0.25, -0.2) is 9.78 Å². The molecular weight excluding hydrogens is 424 g/mol. The van der Waals surface area contributed by atoms with Crippen LogP contribution in [0.25, 0.3) is 10.9 Å². The summed E-state index contributed by atoms with van der Waals surface area (Å²) in [4.78, 5) is 18.9. The summed E-state index contributed by atoms with van der Waals surface area (Å²) >= 11 is 3.55. The second-order valence-electron chi connectivity index (χ2n) is 7.43. The summed E-state index contributed by atoms with van der Waals surface area (Å²) in [5.41, 5.74) is 2.15. The van der Waals surface area contributed by atoms with E-state index in [9.17, 15) is 4.79 Å². The van der Waals surface area contributed by atoms with Crippen LogP contribution >= 0.6 is 15.9 Å². The zero-order valence-electron chi connectivity index (χ0n) is 16.0. The van der Waals surface area contributed by atoms with Crippen LogP contribution in [0.2, 0.25) is 0 Å². The van der Waals surface area contributed by atoms with Crippen molar-refractivity contribution in [3.63, 3.8) is 0 Å². The Labute approximate surface area is 173 Å². The zero-order valence-corrected chi connectivity index (χ0v) is 17.6. The maximum absolute atomic E-state index is 12.1. The van der Waals surface area contributed by atoms with Crippen molar-refractivity contribution in [3.05, 3.63) is 34.4 Å². The second kappa shape index (κ2) is 8.76. The molecule has 28 heavy (non-hydrogen) atoms. The lowest BCUT2D eigenvalue weighted by atomic mass is 10.0. The number of anilines is 1. The van der Waals surface area contributed by atoms with Gasteiger partial charge in [0.05, 0.1) is 31.9 Å². The summed E-state index contributed by atoms with van der Waals surface area (Å²) in [5.74, 6) is 0.130. The number of benzene rings is 1. The number of methoxy groups -OCH3 is 1. The molecule has 2 aliphatic heterocycles.